The third kappa shape index (κ3) is 4.91. The van der Waals surface area contributed by atoms with Crippen molar-refractivity contribution in [1.82, 2.24) is 5.32 Å². The van der Waals surface area contributed by atoms with E-state index in [1.165, 1.54) is 29.7 Å². The number of fused-ring (bicyclic) bond motifs is 1. The number of thiophene rings is 1. The SMILES string of the molecule is CCCNC(=S)Nc1sc2c(c1C(=O)OCC)CCCCCC2. The topological polar surface area (TPSA) is 50.4 Å². The molecule has 0 unspecified atom stereocenters. The van der Waals surface area contributed by atoms with Crippen LogP contribution in [-0.4, -0.2) is 24.2 Å². The molecule has 0 fully saturated rings. The number of nitrogens with one attached hydrogen (secondary N) is 2. The molecule has 128 valence electrons. The van der Waals surface area contributed by atoms with E-state index in [4.69, 9.17) is 17.0 Å². The Morgan fingerprint density at radius 2 is 1.96 bits per heavy atom. The molecule has 23 heavy (non-hydrogen) atoms. The van der Waals surface area contributed by atoms with Crippen LogP contribution in [0, 0.1) is 0 Å². The highest BCUT2D eigenvalue weighted by molar-refractivity contribution is 7.80. The molecule has 0 aromatic carbocycles. The van der Waals surface area contributed by atoms with Crippen LogP contribution in [0.3, 0.4) is 0 Å². The lowest BCUT2D eigenvalue weighted by atomic mass is 9.96. The van der Waals surface area contributed by atoms with Gasteiger partial charge >= 0.3 is 5.97 Å². The number of aryl methyl sites for hydroxylation is 1. The molecule has 2 rings (SSSR count). The van der Waals surface area contributed by atoms with Crippen molar-refractivity contribution in [3.8, 4) is 0 Å². The van der Waals surface area contributed by atoms with Crippen LogP contribution in [0.1, 0.15) is 66.8 Å². The van der Waals surface area contributed by atoms with E-state index in [9.17, 15) is 4.79 Å². The summed E-state index contributed by atoms with van der Waals surface area (Å²) in [7, 11) is 0. The highest BCUT2D eigenvalue weighted by atomic mass is 32.1. The average Bonchev–Trinajstić information content (AvgIpc) is 2.82. The van der Waals surface area contributed by atoms with Crippen molar-refractivity contribution >= 4 is 39.6 Å². The Labute approximate surface area is 148 Å². The van der Waals surface area contributed by atoms with Gasteiger partial charge in [-0.3, -0.25) is 0 Å². The number of carbonyl (C=O) groups excluding carboxylic acids is 1. The number of rotatable bonds is 5. The molecule has 1 aliphatic carbocycles. The number of thiocarbonyl (C=S) groups is 1. The Kier molecular flexibility index (Phi) is 7.30. The largest absolute Gasteiger partial charge is 0.462 e. The van der Waals surface area contributed by atoms with Gasteiger partial charge in [0.25, 0.3) is 0 Å². The van der Waals surface area contributed by atoms with E-state index >= 15 is 0 Å². The normalized spacial score (nSPS) is 14.3. The van der Waals surface area contributed by atoms with Crippen LogP contribution < -0.4 is 10.6 Å². The molecule has 1 aromatic heterocycles. The van der Waals surface area contributed by atoms with Gasteiger partial charge in [-0.2, -0.15) is 0 Å². The van der Waals surface area contributed by atoms with Gasteiger partial charge in [-0.1, -0.05) is 19.8 Å². The van der Waals surface area contributed by atoms with E-state index in [-0.39, 0.29) is 5.97 Å². The zero-order chi connectivity index (χ0) is 16.7. The Morgan fingerprint density at radius 1 is 1.22 bits per heavy atom. The Hall–Kier alpha value is -1.14. The second-order valence-electron chi connectivity index (χ2n) is 5.72. The summed E-state index contributed by atoms with van der Waals surface area (Å²) in [6, 6.07) is 0. The first-order chi connectivity index (χ1) is 11.2. The predicted molar refractivity (Wildman–Crippen MR) is 101 cm³/mol. The summed E-state index contributed by atoms with van der Waals surface area (Å²) in [4.78, 5) is 13.8. The Balaban J connectivity index is 2.29. The number of hydrogen-bond donors (Lipinski definition) is 2. The molecular formula is C17H26N2O2S2. The third-order valence-electron chi connectivity index (χ3n) is 3.91. The van der Waals surface area contributed by atoms with Crippen molar-refractivity contribution in [2.24, 2.45) is 0 Å². The lowest BCUT2D eigenvalue weighted by molar-refractivity contribution is 0.0526. The van der Waals surface area contributed by atoms with Crippen molar-refractivity contribution in [2.75, 3.05) is 18.5 Å². The fourth-order valence-electron chi connectivity index (χ4n) is 2.81. The van der Waals surface area contributed by atoms with Gasteiger partial charge < -0.3 is 15.4 Å². The minimum absolute atomic E-state index is 0.230. The van der Waals surface area contributed by atoms with Crippen molar-refractivity contribution < 1.29 is 9.53 Å². The van der Waals surface area contributed by atoms with E-state index < -0.39 is 0 Å². The van der Waals surface area contributed by atoms with Gasteiger partial charge in [0.2, 0.25) is 0 Å². The van der Waals surface area contributed by atoms with Crippen LogP contribution in [0.25, 0.3) is 0 Å². The van der Waals surface area contributed by atoms with Gasteiger partial charge in [-0.15, -0.1) is 11.3 Å². The maximum absolute atomic E-state index is 12.5. The molecule has 1 heterocycles. The summed E-state index contributed by atoms with van der Waals surface area (Å²) < 4.78 is 5.29. The average molecular weight is 355 g/mol. The van der Waals surface area contributed by atoms with E-state index in [2.05, 4.69) is 17.6 Å². The van der Waals surface area contributed by atoms with Gasteiger partial charge in [0, 0.05) is 11.4 Å². The van der Waals surface area contributed by atoms with Crippen molar-refractivity contribution in [3.05, 3.63) is 16.0 Å². The highest BCUT2D eigenvalue weighted by Crippen LogP contribution is 2.37. The summed E-state index contributed by atoms with van der Waals surface area (Å²) in [6.07, 6.45) is 7.83. The molecule has 2 N–H and O–H groups in total. The van der Waals surface area contributed by atoms with E-state index in [0.717, 1.165) is 37.2 Å². The molecular weight excluding hydrogens is 328 g/mol. The number of ether oxygens (including phenoxy) is 1. The monoisotopic (exact) mass is 354 g/mol. The molecule has 0 saturated carbocycles. The molecule has 0 atom stereocenters. The standard InChI is InChI=1S/C17H26N2O2S2/c1-3-11-18-17(22)19-15-14(16(20)21-4-2)12-9-7-5-6-8-10-13(12)23-15/h3-11H2,1-2H3,(H2,18,19,22). The lowest BCUT2D eigenvalue weighted by Gasteiger charge is -2.12. The molecule has 1 aromatic rings. The number of anilines is 1. The molecule has 1 aliphatic rings. The third-order valence-corrected chi connectivity index (χ3v) is 5.37. The van der Waals surface area contributed by atoms with Gasteiger partial charge in [0.05, 0.1) is 12.2 Å². The van der Waals surface area contributed by atoms with Crippen molar-refractivity contribution in [3.63, 3.8) is 0 Å². The van der Waals surface area contributed by atoms with Crippen LogP contribution in [0.5, 0.6) is 0 Å². The maximum atomic E-state index is 12.5. The zero-order valence-corrected chi connectivity index (χ0v) is 15.6. The minimum atomic E-state index is -0.230. The summed E-state index contributed by atoms with van der Waals surface area (Å²) in [5, 5.41) is 7.79. The smallest absolute Gasteiger partial charge is 0.341 e. The molecule has 0 bridgehead atoms. The Bertz CT molecular complexity index is 555. The van der Waals surface area contributed by atoms with E-state index in [0.29, 0.717) is 17.3 Å². The summed E-state index contributed by atoms with van der Waals surface area (Å²) in [6.45, 7) is 5.15. The lowest BCUT2D eigenvalue weighted by Crippen LogP contribution is -2.29. The van der Waals surface area contributed by atoms with Crippen LogP contribution in [0.15, 0.2) is 0 Å². The zero-order valence-electron chi connectivity index (χ0n) is 14.0. The second-order valence-corrected chi connectivity index (χ2v) is 7.24. The molecule has 4 nitrogen and oxygen atoms in total. The quantitative estimate of drug-likeness (QED) is 0.610. The number of esters is 1. The molecule has 6 heteroatoms. The van der Waals surface area contributed by atoms with Crippen LogP contribution in [0.2, 0.25) is 0 Å². The first-order valence-electron chi connectivity index (χ1n) is 8.53. The van der Waals surface area contributed by atoms with Crippen LogP contribution >= 0.6 is 23.6 Å². The van der Waals surface area contributed by atoms with E-state index in [1.807, 2.05) is 6.92 Å². The predicted octanol–water partition coefficient (Wildman–Crippen LogP) is 4.28. The summed E-state index contributed by atoms with van der Waals surface area (Å²) in [5.41, 5.74) is 1.88. The highest BCUT2D eigenvalue weighted by Gasteiger charge is 2.25. The number of hydrogen-bond acceptors (Lipinski definition) is 4. The fourth-order valence-corrected chi connectivity index (χ4v) is 4.36. The molecule has 0 aliphatic heterocycles. The first kappa shape index (κ1) is 18.2. The second kappa shape index (κ2) is 9.23. The van der Waals surface area contributed by atoms with E-state index in [1.54, 1.807) is 11.3 Å². The van der Waals surface area contributed by atoms with Crippen LogP contribution in [-0.2, 0) is 17.6 Å². The molecule has 0 spiro atoms. The maximum Gasteiger partial charge on any atom is 0.341 e. The van der Waals surface area contributed by atoms with Gasteiger partial charge in [-0.05, 0) is 56.8 Å². The summed E-state index contributed by atoms with van der Waals surface area (Å²) in [5.74, 6) is -0.230. The molecule has 0 saturated heterocycles. The Morgan fingerprint density at radius 3 is 2.65 bits per heavy atom. The van der Waals surface area contributed by atoms with Crippen LogP contribution in [0.4, 0.5) is 5.00 Å². The van der Waals surface area contributed by atoms with Crippen molar-refractivity contribution in [2.45, 2.75) is 58.8 Å². The minimum Gasteiger partial charge on any atom is -0.462 e. The van der Waals surface area contributed by atoms with Gasteiger partial charge in [-0.25, -0.2) is 4.79 Å². The fraction of sp³-hybridized carbons (Fsp3) is 0.647. The summed E-state index contributed by atoms with van der Waals surface area (Å²) >= 11 is 7.00. The first-order valence-corrected chi connectivity index (χ1v) is 9.76. The van der Waals surface area contributed by atoms with Crippen molar-refractivity contribution in [1.29, 1.82) is 0 Å². The molecule has 0 radical (unpaired) electrons. The number of carbonyl (C=O) groups is 1. The van der Waals surface area contributed by atoms with Gasteiger partial charge in [0.1, 0.15) is 5.00 Å². The molecule has 0 amide bonds. The van der Waals surface area contributed by atoms with Gasteiger partial charge in [0.15, 0.2) is 5.11 Å².